The van der Waals surface area contributed by atoms with Crippen molar-refractivity contribution in [2.24, 2.45) is 0 Å². The lowest BCUT2D eigenvalue weighted by molar-refractivity contribution is -0.134. The van der Waals surface area contributed by atoms with E-state index in [-0.39, 0.29) is 11.9 Å². The molecule has 0 aliphatic carbocycles. The van der Waals surface area contributed by atoms with E-state index in [0.717, 1.165) is 36.8 Å². The van der Waals surface area contributed by atoms with Crippen molar-refractivity contribution in [1.29, 1.82) is 0 Å². The third-order valence-electron chi connectivity index (χ3n) is 4.30. The van der Waals surface area contributed by atoms with E-state index in [9.17, 15) is 4.79 Å². The predicted molar refractivity (Wildman–Crippen MR) is 87.0 cm³/mol. The molecular weight excluding hydrogens is 292 g/mol. The number of rotatable bonds is 4. The van der Waals surface area contributed by atoms with Crippen LogP contribution in [0.4, 0.5) is 0 Å². The molecule has 0 bridgehead atoms. The second kappa shape index (κ2) is 6.83. The van der Waals surface area contributed by atoms with Crippen molar-refractivity contribution in [3.63, 3.8) is 0 Å². The summed E-state index contributed by atoms with van der Waals surface area (Å²) in [5, 5.41) is 0. The number of nitrogens with one attached hydrogen (secondary N) is 1. The highest BCUT2D eigenvalue weighted by atomic mass is 16.5. The molecule has 6 nitrogen and oxygen atoms in total. The number of amides is 1. The van der Waals surface area contributed by atoms with Crippen molar-refractivity contribution in [1.82, 2.24) is 19.8 Å². The van der Waals surface area contributed by atoms with Crippen molar-refractivity contribution in [2.75, 3.05) is 26.7 Å². The van der Waals surface area contributed by atoms with Crippen LogP contribution >= 0.6 is 0 Å². The SMILES string of the molecule is COc1ccccc1[C@H]1CN(Cc2ncc[nH]2)CCN1C(C)=O. The topological polar surface area (TPSA) is 61.5 Å². The summed E-state index contributed by atoms with van der Waals surface area (Å²) in [4.78, 5) is 23.7. The van der Waals surface area contributed by atoms with E-state index in [0.29, 0.717) is 6.54 Å². The lowest BCUT2D eigenvalue weighted by Crippen LogP contribution is -2.49. The summed E-state index contributed by atoms with van der Waals surface area (Å²) in [6, 6.07) is 7.91. The number of para-hydroxylation sites is 1. The van der Waals surface area contributed by atoms with Crippen molar-refractivity contribution in [2.45, 2.75) is 19.5 Å². The molecule has 23 heavy (non-hydrogen) atoms. The molecule has 0 radical (unpaired) electrons. The van der Waals surface area contributed by atoms with Crippen molar-refractivity contribution < 1.29 is 9.53 Å². The molecule has 1 N–H and O–H groups in total. The van der Waals surface area contributed by atoms with Crippen LogP contribution in [0.25, 0.3) is 0 Å². The van der Waals surface area contributed by atoms with Crippen LogP contribution in [-0.4, -0.2) is 52.4 Å². The Morgan fingerprint density at radius 2 is 2.22 bits per heavy atom. The van der Waals surface area contributed by atoms with Crippen LogP contribution in [0.15, 0.2) is 36.7 Å². The molecule has 1 aromatic carbocycles. The minimum atomic E-state index is -0.00707. The zero-order chi connectivity index (χ0) is 16.2. The van der Waals surface area contributed by atoms with E-state index in [1.54, 1.807) is 20.2 Å². The molecule has 0 spiro atoms. The standard InChI is InChI=1S/C17H22N4O2/c1-13(22)21-10-9-20(12-17-18-7-8-19-17)11-15(21)14-5-3-4-6-16(14)23-2/h3-8,15H,9-12H2,1-2H3,(H,18,19)/t15-/m1/s1. The third-order valence-corrected chi connectivity index (χ3v) is 4.30. The van der Waals surface area contributed by atoms with Gasteiger partial charge in [0.05, 0.1) is 19.7 Å². The molecule has 2 heterocycles. The second-order valence-electron chi connectivity index (χ2n) is 5.74. The molecule has 1 fully saturated rings. The minimum Gasteiger partial charge on any atom is -0.496 e. The molecule has 0 saturated carbocycles. The number of aromatic nitrogens is 2. The summed E-state index contributed by atoms with van der Waals surface area (Å²) in [6.07, 6.45) is 3.59. The van der Waals surface area contributed by atoms with Crippen LogP contribution < -0.4 is 4.74 Å². The zero-order valence-electron chi connectivity index (χ0n) is 13.5. The molecule has 2 aromatic rings. The number of methoxy groups -OCH3 is 1. The maximum Gasteiger partial charge on any atom is 0.220 e. The van der Waals surface area contributed by atoms with E-state index in [2.05, 4.69) is 14.9 Å². The number of piperazine rings is 1. The summed E-state index contributed by atoms with van der Waals surface area (Å²) >= 11 is 0. The third kappa shape index (κ3) is 3.37. The molecule has 3 rings (SSSR count). The molecule has 1 aromatic heterocycles. The fourth-order valence-electron chi connectivity index (χ4n) is 3.16. The monoisotopic (exact) mass is 314 g/mol. The first kappa shape index (κ1) is 15.6. The molecule has 1 saturated heterocycles. The van der Waals surface area contributed by atoms with Gasteiger partial charge in [0, 0.05) is 44.5 Å². The number of hydrogen-bond acceptors (Lipinski definition) is 4. The Bertz CT molecular complexity index is 656. The molecule has 1 aliphatic heterocycles. The van der Waals surface area contributed by atoms with E-state index in [4.69, 9.17) is 4.74 Å². The van der Waals surface area contributed by atoms with E-state index < -0.39 is 0 Å². The smallest absolute Gasteiger partial charge is 0.220 e. The van der Waals surface area contributed by atoms with Crippen LogP contribution in [0.5, 0.6) is 5.75 Å². The number of nitrogens with zero attached hydrogens (tertiary/aromatic N) is 3. The normalized spacial score (nSPS) is 18.9. The number of H-pyrrole nitrogens is 1. The predicted octanol–water partition coefficient (Wildman–Crippen LogP) is 1.82. The van der Waals surface area contributed by atoms with Crippen molar-refractivity contribution >= 4 is 5.91 Å². The number of aromatic amines is 1. The minimum absolute atomic E-state index is 0.00707. The van der Waals surface area contributed by atoms with Crippen LogP contribution in [0, 0.1) is 0 Å². The van der Waals surface area contributed by atoms with Gasteiger partial charge in [-0.25, -0.2) is 4.98 Å². The van der Waals surface area contributed by atoms with Gasteiger partial charge in [-0.2, -0.15) is 0 Å². The summed E-state index contributed by atoms with van der Waals surface area (Å²) in [6.45, 7) is 4.69. The fourth-order valence-corrected chi connectivity index (χ4v) is 3.16. The van der Waals surface area contributed by atoms with Crippen LogP contribution in [-0.2, 0) is 11.3 Å². The Morgan fingerprint density at radius 1 is 1.39 bits per heavy atom. The Kier molecular flexibility index (Phi) is 4.62. The summed E-state index contributed by atoms with van der Waals surface area (Å²) in [5.74, 6) is 1.86. The van der Waals surface area contributed by atoms with Gasteiger partial charge in [-0.05, 0) is 6.07 Å². The van der Waals surface area contributed by atoms with Crippen LogP contribution in [0.1, 0.15) is 24.4 Å². The van der Waals surface area contributed by atoms with Crippen molar-refractivity contribution in [3.05, 3.63) is 48.0 Å². The van der Waals surface area contributed by atoms with Gasteiger partial charge >= 0.3 is 0 Å². The molecular formula is C17H22N4O2. The summed E-state index contributed by atoms with van der Waals surface area (Å²) in [7, 11) is 1.67. The highest BCUT2D eigenvalue weighted by molar-refractivity contribution is 5.74. The van der Waals surface area contributed by atoms with Gasteiger partial charge < -0.3 is 14.6 Å². The maximum atomic E-state index is 12.1. The number of ether oxygens (including phenoxy) is 1. The van der Waals surface area contributed by atoms with Gasteiger partial charge in [-0.1, -0.05) is 18.2 Å². The van der Waals surface area contributed by atoms with Gasteiger partial charge in [0.15, 0.2) is 0 Å². The van der Waals surface area contributed by atoms with Crippen LogP contribution in [0.2, 0.25) is 0 Å². The highest BCUT2D eigenvalue weighted by Gasteiger charge is 2.31. The molecule has 1 aliphatic rings. The van der Waals surface area contributed by atoms with E-state index >= 15 is 0 Å². The number of carbonyl (C=O) groups is 1. The van der Waals surface area contributed by atoms with E-state index in [1.165, 1.54) is 0 Å². The Hall–Kier alpha value is -2.34. The zero-order valence-corrected chi connectivity index (χ0v) is 13.5. The molecule has 1 amide bonds. The lowest BCUT2D eigenvalue weighted by Gasteiger charge is -2.41. The first-order valence-electron chi connectivity index (χ1n) is 7.79. The fraction of sp³-hybridized carbons (Fsp3) is 0.412. The van der Waals surface area contributed by atoms with Gasteiger partial charge in [0.1, 0.15) is 11.6 Å². The molecule has 0 unspecified atom stereocenters. The Morgan fingerprint density at radius 3 is 2.91 bits per heavy atom. The number of hydrogen-bond donors (Lipinski definition) is 1. The average Bonchev–Trinajstić information content (AvgIpc) is 3.07. The summed E-state index contributed by atoms with van der Waals surface area (Å²) < 4.78 is 5.49. The number of carbonyl (C=O) groups excluding carboxylic acids is 1. The highest BCUT2D eigenvalue weighted by Crippen LogP contribution is 2.32. The van der Waals surface area contributed by atoms with Crippen molar-refractivity contribution in [3.8, 4) is 5.75 Å². The van der Waals surface area contributed by atoms with Gasteiger partial charge in [-0.15, -0.1) is 0 Å². The molecule has 1 atom stereocenters. The first-order chi connectivity index (χ1) is 11.2. The Balaban J connectivity index is 1.84. The largest absolute Gasteiger partial charge is 0.496 e. The molecule has 122 valence electrons. The maximum absolute atomic E-state index is 12.1. The van der Waals surface area contributed by atoms with Gasteiger partial charge in [-0.3, -0.25) is 9.69 Å². The first-order valence-corrected chi connectivity index (χ1v) is 7.79. The van der Waals surface area contributed by atoms with Gasteiger partial charge in [0.2, 0.25) is 5.91 Å². The second-order valence-corrected chi connectivity index (χ2v) is 5.74. The van der Waals surface area contributed by atoms with Gasteiger partial charge in [0.25, 0.3) is 0 Å². The molecule has 6 heteroatoms. The number of benzene rings is 1. The quantitative estimate of drug-likeness (QED) is 0.935. The average molecular weight is 314 g/mol. The summed E-state index contributed by atoms with van der Waals surface area (Å²) in [5.41, 5.74) is 1.05. The van der Waals surface area contributed by atoms with E-state index in [1.807, 2.05) is 35.4 Å². The van der Waals surface area contributed by atoms with Crippen LogP contribution in [0.3, 0.4) is 0 Å². The lowest BCUT2D eigenvalue weighted by atomic mass is 10.0. The number of imidazole rings is 1. The Labute approximate surface area is 136 Å².